The van der Waals surface area contributed by atoms with Crippen molar-refractivity contribution >= 4 is 34.9 Å². The van der Waals surface area contributed by atoms with Gasteiger partial charge in [0.25, 0.3) is 0 Å². The van der Waals surface area contributed by atoms with Crippen LogP contribution in [0.4, 0.5) is 9.59 Å². The monoisotopic (exact) mass is 827 g/mol. The number of carbonyl (C=O) groups is 4. The van der Waals surface area contributed by atoms with Crippen LogP contribution >= 0.6 is 0 Å². The molecule has 0 bridgehead atoms. The summed E-state index contributed by atoms with van der Waals surface area (Å²) in [6.45, 7) is 14.4. The quantitative estimate of drug-likeness (QED) is 0.0396. The molecule has 0 aliphatic carbocycles. The number of rotatable bonds is 20. The van der Waals surface area contributed by atoms with E-state index in [1.165, 1.54) is 19.3 Å². The molecule has 1 unspecified atom stereocenters. The van der Waals surface area contributed by atoms with Gasteiger partial charge in [0.15, 0.2) is 0 Å². The van der Waals surface area contributed by atoms with Crippen molar-refractivity contribution < 1.29 is 28.7 Å². The highest BCUT2D eigenvalue weighted by molar-refractivity contribution is 5.91. The van der Waals surface area contributed by atoms with E-state index in [1.807, 2.05) is 60.8 Å². The number of H-pyrrole nitrogens is 2. The first-order valence-electron chi connectivity index (χ1n) is 21.6. The first-order valence-corrected chi connectivity index (χ1v) is 21.6. The molecule has 5 rings (SSSR count). The number of carbonyl (C=O) groups excluding carboxylic acids is 4. The minimum absolute atomic E-state index is 0.169. The Bertz CT molecular complexity index is 1980. The van der Waals surface area contributed by atoms with Gasteiger partial charge < -0.3 is 45.6 Å². The van der Waals surface area contributed by atoms with Crippen LogP contribution in [-0.2, 0) is 37.5 Å². The van der Waals surface area contributed by atoms with E-state index in [1.54, 1.807) is 40.8 Å². The normalized spacial score (nSPS) is 15.1. The third-order valence-electron chi connectivity index (χ3n) is 11.1. The highest BCUT2D eigenvalue weighted by Gasteiger charge is 2.36. The summed E-state index contributed by atoms with van der Waals surface area (Å²) in [5, 5.41) is 13.0. The maximum Gasteiger partial charge on any atom is 0.407 e. The van der Waals surface area contributed by atoms with Crippen LogP contribution in [0.2, 0.25) is 0 Å². The number of nitrogens with zero attached hydrogens (tertiary/aromatic N) is 2. The number of likely N-dealkylation sites (tertiary alicyclic amines) is 1. The van der Waals surface area contributed by atoms with Gasteiger partial charge in [0.05, 0.1) is 11.5 Å². The molecule has 2 aromatic carbocycles. The molecule has 3 atom stereocenters. The Morgan fingerprint density at radius 1 is 0.867 bits per heavy atom. The molecule has 326 valence electrons. The van der Waals surface area contributed by atoms with Gasteiger partial charge in [0.1, 0.15) is 24.1 Å². The molecule has 3 heterocycles. The smallest absolute Gasteiger partial charge is 0.407 e. The topological polar surface area (TPSA) is 183 Å². The fourth-order valence-electron chi connectivity index (χ4n) is 7.58. The van der Waals surface area contributed by atoms with Gasteiger partial charge in [-0.2, -0.15) is 0 Å². The molecule has 6 N–H and O–H groups in total. The van der Waals surface area contributed by atoms with Gasteiger partial charge in [-0.1, -0.05) is 61.9 Å². The van der Waals surface area contributed by atoms with Crippen molar-refractivity contribution in [1.82, 2.24) is 41.1 Å². The van der Waals surface area contributed by atoms with Crippen LogP contribution in [0.15, 0.2) is 67.0 Å². The number of fused-ring (bicyclic) bond motifs is 1. The van der Waals surface area contributed by atoms with Crippen molar-refractivity contribution in [3.63, 3.8) is 0 Å². The van der Waals surface area contributed by atoms with Gasteiger partial charge in [-0.15, -0.1) is 0 Å². The van der Waals surface area contributed by atoms with Gasteiger partial charge >= 0.3 is 18.1 Å². The maximum absolute atomic E-state index is 14.1. The predicted molar refractivity (Wildman–Crippen MR) is 233 cm³/mol. The summed E-state index contributed by atoms with van der Waals surface area (Å²) < 4.78 is 11.0. The molecule has 14 nitrogen and oxygen atoms in total. The van der Waals surface area contributed by atoms with Crippen molar-refractivity contribution in [1.29, 1.82) is 0 Å². The van der Waals surface area contributed by atoms with Crippen molar-refractivity contribution in [2.45, 2.75) is 135 Å². The second-order valence-electron chi connectivity index (χ2n) is 17.3. The van der Waals surface area contributed by atoms with E-state index in [2.05, 4.69) is 43.1 Å². The van der Waals surface area contributed by atoms with Crippen LogP contribution in [0, 0.1) is 0 Å². The molecule has 1 fully saturated rings. The molecule has 0 saturated carbocycles. The average Bonchev–Trinajstić information content (AvgIpc) is 3.89. The first kappa shape index (κ1) is 45.7. The fraction of sp³-hybridized carbons (Fsp3) is 0.543. The zero-order valence-corrected chi connectivity index (χ0v) is 36.3. The Morgan fingerprint density at radius 3 is 2.33 bits per heavy atom. The molecule has 4 amide bonds. The number of nitrogens with one attached hydrogen (secondary N) is 6. The molecule has 14 heteroatoms. The van der Waals surface area contributed by atoms with Gasteiger partial charge in [0.2, 0.25) is 5.91 Å². The maximum atomic E-state index is 14.1. The zero-order chi connectivity index (χ0) is 43.1. The van der Waals surface area contributed by atoms with Gasteiger partial charge in [-0.25, -0.2) is 19.4 Å². The number of esters is 1. The van der Waals surface area contributed by atoms with Gasteiger partial charge in [0, 0.05) is 54.5 Å². The number of piperidine rings is 1. The summed E-state index contributed by atoms with van der Waals surface area (Å²) in [4.78, 5) is 67.1. The summed E-state index contributed by atoms with van der Waals surface area (Å²) >= 11 is 0. The summed E-state index contributed by atoms with van der Waals surface area (Å²) in [6.07, 6.45) is 10.5. The number of ether oxygens (including phenoxy) is 2. The molecule has 1 saturated heterocycles. The number of hydrogen-bond acceptors (Lipinski definition) is 8. The highest BCUT2D eigenvalue weighted by atomic mass is 16.6. The number of hydrogen-bond donors (Lipinski definition) is 6. The van der Waals surface area contributed by atoms with E-state index in [4.69, 9.17) is 14.5 Å². The number of amides is 4. The second kappa shape index (κ2) is 21.8. The predicted octanol–water partition coefficient (Wildman–Crippen LogP) is 7.33. The van der Waals surface area contributed by atoms with Crippen LogP contribution in [0.25, 0.3) is 10.9 Å². The van der Waals surface area contributed by atoms with Crippen molar-refractivity contribution in [3.05, 3.63) is 89.6 Å². The lowest BCUT2D eigenvalue weighted by Crippen LogP contribution is -2.50. The average molecular weight is 827 g/mol. The van der Waals surface area contributed by atoms with E-state index >= 15 is 0 Å². The summed E-state index contributed by atoms with van der Waals surface area (Å²) in [5.41, 5.74) is 1.51. The number of alkyl carbamates (subject to hydrolysis) is 1. The van der Waals surface area contributed by atoms with E-state index in [0.717, 1.165) is 48.0 Å². The van der Waals surface area contributed by atoms with Crippen LogP contribution < -0.4 is 21.3 Å². The lowest BCUT2D eigenvalue weighted by Gasteiger charge is -2.34. The third-order valence-corrected chi connectivity index (χ3v) is 11.1. The number of aromatic nitrogens is 3. The third kappa shape index (κ3) is 13.6. The molecule has 1 aliphatic rings. The Morgan fingerprint density at radius 2 is 1.60 bits per heavy atom. The van der Waals surface area contributed by atoms with Crippen molar-refractivity contribution in [3.8, 4) is 0 Å². The second-order valence-corrected chi connectivity index (χ2v) is 17.3. The van der Waals surface area contributed by atoms with E-state index < -0.39 is 41.1 Å². The molecular formula is C46H66N8O6. The fourth-order valence-corrected chi connectivity index (χ4v) is 7.58. The van der Waals surface area contributed by atoms with Crippen molar-refractivity contribution in [2.24, 2.45) is 0 Å². The van der Waals surface area contributed by atoms with Crippen molar-refractivity contribution in [2.75, 3.05) is 26.2 Å². The molecule has 2 aromatic heterocycles. The lowest BCUT2D eigenvalue weighted by molar-refractivity contribution is -0.159. The molecular weight excluding hydrogens is 761 g/mol. The Labute approximate surface area is 354 Å². The molecule has 60 heavy (non-hydrogen) atoms. The van der Waals surface area contributed by atoms with Gasteiger partial charge in [-0.3, -0.25) is 4.79 Å². The lowest BCUT2D eigenvalue weighted by atomic mass is 9.88. The Hall–Kier alpha value is -5.37. The zero-order valence-electron chi connectivity index (χ0n) is 36.3. The van der Waals surface area contributed by atoms with E-state index in [9.17, 15) is 19.2 Å². The Balaban J connectivity index is 1.22. The van der Waals surface area contributed by atoms with E-state index in [-0.39, 0.29) is 12.6 Å². The number of urea groups is 1. The van der Waals surface area contributed by atoms with Crippen LogP contribution in [-0.4, -0.2) is 87.7 Å². The molecule has 1 aliphatic heterocycles. The number of unbranched alkanes of at least 4 members (excludes halogenated alkanes) is 1. The number of imidazole rings is 1. The number of aromatic amines is 2. The van der Waals surface area contributed by atoms with Crippen LogP contribution in [0.3, 0.4) is 0 Å². The Kier molecular flexibility index (Phi) is 16.6. The van der Waals surface area contributed by atoms with Crippen LogP contribution in [0.5, 0.6) is 0 Å². The first-order chi connectivity index (χ1) is 28.7. The number of benzene rings is 2. The standard InChI is InChI=1S/C46H66N8O6/c1-7-34(54-26-16-9-17-27-54)23-25-47-43(57)52-38(28-33-29-49-36-21-13-12-20-35(33)36)40-50-30-39(53-40)46(5,6)42(56)51-37(41(55)60-45(2,3)4)22-14-15-24-48-44(58)59-31-32-18-10-8-11-19-32/h8,10-13,18-21,29-30,34,37-38,49H,7,9,14-17,22-28,31H2,1-6H3,(H,48,58)(H,50,53)(H,51,56)(H2,47,52,57)/t34?,37-,38-/m1/s1. The van der Waals surface area contributed by atoms with Crippen LogP contribution in [0.1, 0.15) is 122 Å². The minimum atomic E-state index is -1.15. The SMILES string of the molecule is CCC(CCNC(=O)N[C@H](Cc1c[nH]c2ccccc12)c1ncc(C(C)(C)C(=O)N[C@H](CCCCNC(=O)OCc2ccccc2)C(=O)OC(C)(C)C)[nH]1)N1CCCCC1. The summed E-state index contributed by atoms with van der Waals surface area (Å²) in [6, 6.07) is 16.1. The number of para-hydroxylation sites is 1. The minimum Gasteiger partial charge on any atom is -0.458 e. The highest BCUT2D eigenvalue weighted by Crippen LogP contribution is 2.28. The largest absolute Gasteiger partial charge is 0.458 e. The molecule has 4 aromatic rings. The molecule has 0 radical (unpaired) electrons. The summed E-state index contributed by atoms with van der Waals surface area (Å²) in [5.74, 6) is -0.429. The van der Waals surface area contributed by atoms with E-state index in [0.29, 0.717) is 56.3 Å². The summed E-state index contributed by atoms with van der Waals surface area (Å²) in [7, 11) is 0. The van der Waals surface area contributed by atoms with Gasteiger partial charge in [-0.05, 0) is 110 Å². The molecule has 0 spiro atoms.